The smallest absolute Gasteiger partial charge is 0.0198 e. The Morgan fingerprint density at radius 3 is 1.95 bits per heavy atom. The second-order valence-electron chi connectivity index (χ2n) is 6.52. The summed E-state index contributed by atoms with van der Waals surface area (Å²) in [6.45, 7) is 15.2. The number of piperidine rings is 1. The summed E-state index contributed by atoms with van der Waals surface area (Å²) in [7, 11) is 2.24. The molecule has 3 nitrogen and oxygen atoms in total. The van der Waals surface area contributed by atoms with Crippen LogP contribution in [0.25, 0.3) is 0 Å². The predicted octanol–water partition coefficient (Wildman–Crippen LogP) is 2.43. The summed E-state index contributed by atoms with van der Waals surface area (Å²) in [5.74, 6) is 0.926. The molecule has 2 rings (SSSR count). The third kappa shape index (κ3) is 5.80. The molecule has 0 spiro atoms. The van der Waals surface area contributed by atoms with E-state index in [9.17, 15) is 0 Å². The molecule has 0 radical (unpaired) electrons. The summed E-state index contributed by atoms with van der Waals surface area (Å²) in [5.41, 5.74) is 0. The van der Waals surface area contributed by atoms with Crippen molar-refractivity contribution in [3.8, 4) is 0 Å². The highest BCUT2D eigenvalue weighted by Crippen LogP contribution is 2.20. The average Bonchev–Trinajstić information content (AvgIpc) is 2.36. The Morgan fingerprint density at radius 2 is 1.47 bits per heavy atom. The third-order valence-corrected chi connectivity index (χ3v) is 4.21. The molecular weight excluding hydrogens is 234 g/mol. The maximum Gasteiger partial charge on any atom is 0.0198 e. The van der Waals surface area contributed by atoms with Gasteiger partial charge in [0.1, 0.15) is 0 Å². The van der Waals surface area contributed by atoms with Crippen molar-refractivity contribution in [1.29, 1.82) is 0 Å². The van der Waals surface area contributed by atoms with Crippen LogP contribution in [0.3, 0.4) is 0 Å². The zero-order chi connectivity index (χ0) is 14.3. The van der Waals surface area contributed by atoms with Crippen LogP contribution in [0.4, 0.5) is 0 Å². The number of piperazine rings is 1. The second kappa shape index (κ2) is 8.93. The molecule has 2 aliphatic heterocycles. The van der Waals surface area contributed by atoms with Crippen molar-refractivity contribution < 1.29 is 0 Å². The van der Waals surface area contributed by atoms with Crippen molar-refractivity contribution in [2.75, 3.05) is 39.8 Å². The van der Waals surface area contributed by atoms with Crippen LogP contribution in [0.1, 0.15) is 47.0 Å². The highest BCUT2D eigenvalue weighted by molar-refractivity contribution is 4.85. The van der Waals surface area contributed by atoms with Crippen molar-refractivity contribution in [3.05, 3.63) is 0 Å². The molecule has 0 bridgehead atoms. The van der Waals surface area contributed by atoms with Crippen molar-refractivity contribution in [2.24, 2.45) is 5.92 Å². The first-order chi connectivity index (χ1) is 9.08. The molecule has 0 aromatic carbocycles. The van der Waals surface area contributed by atoms with E-state index in [0.29, 0.717) is 0 Å². The van der Waals surface area contributed by atoms with E-state index in [-0.39, 0.29) is 0 Å². The molecule has 114 valence electrons. The molecule has 2 fully saturated rings. The standard InChI is InChI=1S/C13H27N3.C3H8/c1-11-8-15(3)9-12(2)16(11)10-13-4-6-14-7-5-13;1-3-2/h11-14H,4-10H2,1-3H3;3H2,1-2H3. The van der Waals surface area contributed by atoms with Gasteiger partial charge in [-0.1, -0.05) is 20.3 Å². The van der Waals surface area contributed by atoms with E-state index in [4.69, 9.17) is 0 Å². The minimum Gasteiger partial charge on any atom is -0.317 e. The first kappa shape index (κ1) is 16.9. The maximum absolute atomic E-state index is 3.45. The molecule has 0 saturated carbocycles. The van der Waals surface area contributed by atoms with Gasteiger partial charge in [-0.2, -0.15) is 0 Å². The van der Waals surface area contributed by atoms with Crippen molar-refractivity contribution in [2.45, 2.75) is 59.0 Å². The minimum atomic E-state index is 0.726. The summed E-state index contributed by atoms with van der Waals surface area (Å²) in [5, 5.41) is 3.45. The minimum absolute atomic E-state index is 0.726. The van der Waals surface area contributed by atoms with Crippen LogP contribution in [0, 0.1) is 5.92 Å². The Morgan fingerprint density at radius 1 is 1.00 bits per heavy atom. The van der Waals surface area contributed by atoms with Gasteiger partial charge in [-0.25, -0.2) is 0 Å². The Bertz CT molecular complexity index is 214. The van der Waals surface area contributed by atoms with Gasteiger partial charge in [0.15, 0.2) is 0 Å². The van der Waals surface area contributed by atoms with Crippen molar-refractivity contribution in [1.82, 2.24) is 15.1 Å². The molecule has 2 aliphatic rings. The monoisotopic (exact) mass is 269 g/mol. The van der Waals surface area contributed by atoms with Crippen LogP contribution in [-0.4, -0.2) is 61.7 Å². The first-order valence-electron chi connectivity index (χ1n) is 8.23. The van der Waals surface area contributed by atoms with Gasteiger partial charge in [-0.05, 0) is 52.7 Å². The molecule has 0 aromatic rings. The Hall–Kier alpha value is -0.120. The average molecular weight is 269 g/mol. The fourth-order valence-electron chi connectivity index (χ4n) is 3.34. The van der Waals surface area contributed by atoms with Crippen LogP contribution < -0.4 is 5.32 Å². The number of likely N-dealkylation sites (N-methyl/N-ethyl adjacent to an activating group) is 1. The quantitative estimate of drug-likeness (QED) is 0.830. The molecule has 2 saturated heterocycles. The fourth-order valence-corrected chi connectivity index (χ4v) is 3.34. The summed E-state index contributed by atoms with van der Waals surface area (Å²) in [6, 6.07) is 1.45. The van der Waals surface area contributed by atoms with Gasteiger partial charge < -0.3 is 10.2 Å². The van der Waals surface area contributed by atoms with Gasteiger partial charge in [0.25, 0.3) is 0 Å². The Balaban J connectivity index is 0.000000550. The molecule has 0 aromatic heterocycles. The zero-order valence-electron chi connectivity index (χ0n) is 13.8. The molecule has 2 unspecified atom stereocenters. The second-order valence-corrected chi connectivity index (χ2v) is 6.52. The van der Waals surface area contributed by atoms with Gasteiger partial charge in [0.2, 0.25) is 0 Å². The van der Waals surface area contributed by atoms with Crippen LogP contribution >= 0.6 is 0 Å². The van der Waals surface area contributed by atoms with E-state index in [1.54, 1.807) is 0 Å². The van der Waals surface area contributed by atoms with E-state index < -0.39 is 0 Å². The van der Waals surface area contributed by atoms with E-state index in [2.05, 4.69) is 49.9 Å². The Kier molecular flexibility index (Phi) is 7.96. The van der Waals surface area contributed by atoms with E-state index in [1.807, 2.05) is 0 Å². The van der Waals surface area contributed by atoms with Crippen LogP contribution in [0.2, 0.25) is 0 Å². The van der Waals surface area contributed by atoms with Crippen molar-refractivity contribution >= 4 is 0 Å². The lowest BCUT2D eigenvalue weighted by Gasteiger charge is -2.45. The number of hydrogen-bond donors (Lipinski definition) is 1. The van der Waals surface area contributed by atoms with Crippen LogP contribution in [0.15, 0.2) is 0 Å². The van der Waals surface area contributed by atoms with Gasteiger partial charge in [0.05, 0.1) is 0 Å². The van der Waals surface area contributed by atoms with E-state index in [1.165, 1.54) is 52.0 Å². The molecule has 3 heteroatoms. The van der Waals surface area contributed by atoms with E-state index in [0.717, 1.165) is 18.0 Å². The first-order valence-corrected chi connectivity index (χ1v) is 8.23. The summed E-state index contributed by atoms with van der Waals surface area (Å²) in [4.78, 5) is 5.20. The number of rotatable bonds is 2. The molecule has 0 aliphatic carbocycles. The molecule has 2 heterocycles. The lowest BCUT2D eigenvalue weighted by molar-refractivity contribution is 0.0353. The summed E-state index contributed by atoms with van der Waals surface area (Å²) in [6.07, 6.45) is 3.98. The number of hydrogen-bond acceptors (Lipinski definition) is 3. The van der Waals surface area contributed by atoms with Gasteiger partial charge >= 0.3 is 0 Å². The molecule has 19 heavy (non-hydrogen) atoms. The number of nitrogens with zero attached hydrogens (tertiary/aromatic N) is 2. The van der Waals surface area contributed by atoms with Crippen LogP contribution in [0.5, 0.6) is 0 Å². The number of nitrogens with one attached hydrogen (secondary N) is 1. The molecule has 0 amide bonds. The normalized spacial score (nSPS) is 30.8. The topological polar surface area (TPSA) is 18.5 Å². The summed E-state index contributed by atoms with van der Waals surface area (Å²) >= 11 is 0. The third-order valence-electron chi connectivity index (χ3n) is 4.21. The lowest BCUT2D eigenvalue weighted by Crippen LogP contribution is -2.56. The largest absolute Gasteiger partial charge is 0.317 e. The highest BCUT2D eigenvalue weighted by atomic mass is 15.3. The highest BCUT2D eigenvalue weighted by Gasteiger charge is 2.29. The maximum atomic E-state index is 3.45. The SMILES string of the molecule is CC1CN(C)CC(C)N1CC1CCNCC1.CCC. The van der Waals surface area contributed by atoms with E-state index >= 15 is 0 Å². The predicted molar refractivity (Wildman–Crippen MR) is 84.7 cm³/mol. The molecule has 2 atom stereocenters. The van der Waals surface area contributed by atoms with Gasteiger partial charge in [-0.15, -0.1) is 0 Å². The van der Waals surface area contributed by atoms with Crippen molar-refractivity contribution in [3.63, 3.8) is 0 Å². The Labute approximate surface area is 120 Å². The fraction of sp³-hybridized carbons (Fsp3) is 1.00. The molecular formula is C16H35N3. The van der Waals surface area contributed by atoms with Gasteiger partial charge in [0, 0.05) is 31.7 Å². The van der Waals surface area contributed by atoms with Crippen LogP contribution in [-0.2, 0) is 0 Å². The van der Waals surface area contributed by atoms with Gasteiger partial charge in [-0.3, -0.25) is 4.90 Å². The zero-order valence-corrected chi connectivity index (χ0v) is 13.8. The lowest BCUT2D eigenvalue weighted by atomic mass is 9.95. The summed E-state index contributed by atoms with van der Waals surface area (Å²) < 4.78 is 0. The molecule has 1 N–H and O–H groups in total.